The number of carbonyl (C=O) groups excluding carboxylic acids is 1. The number of fused-ring (bicyclic) bond motifs is 4. The topological polar surface area (TPSA) is 222 Å². The Morgan fingerprint density at radius 3 is 1.33 bits per heavy atom. The number of nitrogens with one attached hydrogen (secondary N) is 1. The van der Waals surface area contributed by atoms with Gasteiger partial charge in [-0.2, -0.15) is 4.31 Å². The van der Waals surface area contributed by atoms with Gasteiger partial charge in [-0.05, 0) is 124 Å². The Kier molecular flexibility index (Phi) is 21.2. The highest BCUT2D eigenvalue weighted by molar-refractivity contribution is 8.13. The van der Waals surface area contributed by atoms with Crippen molar-refractivity contribution >= 4 is 46.9 Å². The first-order valence-electron chi connectivity index (χ1n) is 29.4. The largest absolute Gasteiger partial charge is 0.382 e. The SMILES string of the molecule is O=C(c1ccccc1)c1cc2c(cn1)CCC2.OC(c1ccccc1)c1cc2c(cn1)CCC2.OC(c1ccccc1)c1cc2c(cn1)CNC2.[C-]#[N+]c1ccc(S(=O)(=O)Cl)cc1.[C-]#[N+]c1ccc(S(=O)(=O)N2Cc3cnc(C(O)c4ccccc4)cc3C2)cc1. The standard InChI is InChI=1S/C21H17N3O3S.C15H15NO.C15H13NO.C14H14N2O.C7H4ClNO2S/c1-22-18-7-9-19(10-8-18)28(26,27)24-13-16-11-20(23-12-17(16)14-24)21(25)15-5-3-2-4-6-15;2*17-15(11-5-2-1-3-6-11)14-9-12-7-4-8-13(12)10-16-14;17-14(10-4-2-1-3-5-10)13-6-11-7-15-8-12(11)9-16-13;1-9-6-2-4-7(5-3-6)12(8,10)11/h2-12,21,25H,13-14H2;1-3,5-6,9-10,15,17H,4,7-8H2;1-3,5-6,9-10H,4,7-8H2;1-6,9,14-15,17H,7-8H2;2-5H. The molecule has 6 aromatic carbocycles. The van der Waals surface area contributed by atoms with E-state index in [2.05, 4.69) is 41.0 Å². The molecule has 458 valence electrons. The summed E-state index contributed by atoms with van der Waals surface area (Å²) in [5, 5.41) is 34.3. The van der Waals surface area contributed by atoms with E-state index in [-0.39, 0.29) is 28.7 Å². The van der Waals surface area contributed by atoms with Crippen molar-refractivity contribution in [2.45, 2.75) is 92.8 Å². The molecule has 6 heterocycles. The monoisotopic (exact) mass is 1270 g/mol. The Morgan fingerprint density at radius 1 is 0.462 bits per heavy atom. The average Bonchev–Trinajstić information content (AvgIpc) is 1.74. The zero-order valence-electron chi connectivity index (χ0n) is 49.3. The first-order valence-corrected chi connectivity index (χ1v) is 33.1. The highest BCUT2D eigenvalue weighted by atomic mass is 35.7. The number of aryl methyl sites for hydroxylation is 4. The number of nitrogens with zero attached hydrogens (tertiary/aromatic N) is 7. The van der Waals surface area contributed by atoms with Gasteiger partial charge >= 0.3 is 0 Å². The molecule has 14 rings (SSSR count). The first-order chi connectivity index (χ1) is 44.1. The van der Waals surface area contributed by atoms with Crippen LogP contribution in [-0.4, -0.2) is 62.2 Å². The Bertz CT molecular complexity index is 4390. The van der Waals surface area contributed by atoms with Crippen LogP contribution >= 0.6 is 10.7 Å². The third kappa shape index (κ3) is 16.3. The van der Waals surface area contributed by atoms with Crippen LogP contribution in [0.4, 0.5) is 11.4 Å². The molecule has 16 nitrogen and oxygen atoms in total. The van der Waals surface area contributed by atoms with Crippen LogP contribution in [-0.2, 0) is 70.9 Å². The van der Waals surface area contributed by atoms with Gasteiger partial charge in [0.25, 0.3) is 9.05 Å². The number of aliphatic hydroxyl groups is 3. The van der Waals surface area contributed by atoms with Crippen molar-refractivity contribution in [2.24, 2.45) is 0 Å². The normalized spacial score (nSPS) is 14.4. The molecule has 10 aromatic rings. The third-order valence-corrected chi connectivity index (χ3v) is 19.0. The van der Waals surface area contributed by atoms with Gasteiger partial charge in [-0.25, -0.2) is 26.5 Å². The Labute approximate surface area is 534 Å². The van der Waals surface area contributed by atoms with Gasteiger partial charge in [0.2, 0.25) is 15.8 Å². The number of pyridine rings is 4. The summed E-state index contributed by atoms with van der Waals surface area (Å²) in [7, 11) is -2.29. The number of sulfonamides is 1. The summed E-state index contributed by atoms with van der Waals surface area (Å²) in [6.07, 6.45) is 12.0. The Balaban J connectivity index is 0.000000129. The lowest BCUT2D eigenvalue weighted by Crippen LogP contribution is -2.25. The number of halogens is 1. The van der Waals surface area contributed by atoms with E-state index in [1.54, 1.807) is 12.3 Å². The van der Waals surface area contributed by atoms with Gasteiger partial charge in [0.05, 0.1) is 40.0 Å². The molecule has 0 radical (unpaired) electrons. The van der Waals surface area contributed by atoms with E-state index in [0.29, 0.717) is 28.3 Å². The number of benzene rings is 6. The number of ketones is 1. The van der Waals surface area contributed by atoms with Crippen molar-refractivity contribution in [3.05, 3.63) is 331 Å². The van der Waals surface area contributed by atoms with Crippen molar-refractivity contribution in [1.29, 1.82) is 0 Å². The minimum Gasteiger partial charge on any atom is -0.382 e. The molecule has 0 saturated heterocycles. The molecule has 2 aliphatic carbocycles. The molecule has 0 bridgehead atoms. The van der Waals surface area contributed by atoms with Gasteiger partial charge in [0.1, 0.15) is 24.0 Å². The van der Waals surface area contributed by atoms with E-state index in [1.165, 1.54) is 99.1 Å². The highest BCUT2D eigenvalue weighted by Gasteiger charge is 2.32. The summed E-state index contributed by atoms with van der Waals surface area (Å²) in [6.45, 7) is 15.8. The number of aromatic nitrogens is 4. The van der Waals surface area contributed by atoms with Gasteiger partial charge in [-0.1, -0.05) is 170 Å². The average molecular weight is 1270 g/mol. The molecule has 4 aliphatic rings. The zero-order valence-corrected chi connectivity index (χ0v) is 51.7. The number of carbonyl (C=O) groups is 1. The van der Waals surface area contributed by atoms with Gasteiger partial charge in [-0.3, -0.25) is 24.7 Å². The predicted octanol–water partition coefficient (Wildman–Crippen LogP) is 12.8. The quantitative estimate of drug-likeness (QED) is 0.0538. The lowest BCUT2D eigenvalue weighted by Gasteiger charge is -2.15. The van der Waals surface area contributed by atoms with Crippen molar-refractivity contribution in [3.63, 3.8) is 0 Å². The number of aliphatic hydroxyl groups excluding tert-OH is 3. The minimum absolute atomic E-state index is 0.0107. The maximum Gasteiger partial charge on any atom is 0.261 e. The van der Waals surface area contributed by atoms with Crippen LogP contribution < -0.4 is 5.32 Å². The van der Waals surface area contributed by atoms with Gasteiger partial charge in [-0.15, -0.1) is 0 Å². The minimum atomic E-state index is -3.68. The second-order valence-corrected chi connectivity index (χ2v) is 26.3. The fourth-order valence-electron chi connectivity index (χ4n) is 10.8. The maximum atomic E-state index is 12.9. The molecule has 0 saturated carbocycles. The van der Waals surface area contributed by atoms with E-state index in [4.69, 9.17) is 23.8 Å². The molecule has 0 fully saturated rings. The van der Waals surface area contributed by atoms with Crippen molar-refractivity contribution in [3.8, 4) is 0 Å². The summed E-state index contributed by atoms with van der Waals surface area (Å²) in [4.78, 5) is 36.1. The maximum absolute atomic E-state index is 12.9. The molecular weight excluding hydrogens is 1200 g/mol. The molecule has 2 aliphatic heterocycles. The summed E-state index contributed by atoms with van der Waals surface area (Å²) in [6, 6.07) is 56.9. The van der Waals surface area contributed by atoms with Crippen LogP contribution in [0.3, 0.4) is 0 Å². The first kappa shape index (κ1) is 64.5. The van der Waals surface area contributed by atoms with Crippen LogP contribution in [0.15, 0.2) is 229 Å². The lowest BCUT2D eigenvalue weighted by molar-refractivity contribution is 0.103. The summed E-state index contributed by atoms with van der Waals surface area (Å²) in [5.41, 5.74) is 16.0. The van der Waals surface area contributed by atoms with Crippen LogP contribution in [0.5, 0.6) is 0 Å². The second-order valence-electron chi connectivity index (χ2n) is 21.8. The van der Waals surface area contributed by atoms with Crippen molar-refractivity contribution in [1.82, 2.24) is 29.6 Å². The zero-order chi connectivity index (χ0) is 63.9. The predicted molar refractivity (Wildman–Crippen MR) is 348 cm³/mol. The highest BCUT2D eigenvalue weighted by Crippen LogP contribution is 2.33. The van der Waals surface area contributed by atoms with E-state index >= 15 is 0 Å². The van der Waals surface area contributed by atoms with Crippen LogP contribution in [0.25, 0.3) is 9.69 Å². The Morgan fingerprint density at radius 2 is 0.846 bits per heavy atom. The molecule has 0 amide bonds. The smallest absolute Gasteiger partial charge is 0.261 e. The van der Waals surface area contributed by atoms with Gasteiger partial charge < -0.3 is 20.6 Å². The molecule has 4 aromatic heterocycles. The molecule has 91 heavy (non-hydrogen) atoms. The molecule has 19 heteroatoms. The summed E-state index contributed by atoms with van der Waals surface area (Å²) in [5.74, 6) is 0.0142. The van der Waals surface area contributed by atoms with Gasteiger partial charge in [0.15, 0.2) is 11.4 Å². The number of hydrogen-bond acceptors (Lipinski definition) is 13. The summed E-state index contributed by atoms with van der Waals surface area (Å²) < 4.78 is 48.7. The van der Waals surface area contributed by atoms with Crippen molar-refractivity contribution in [2.75, 3.05) is 0 Å². The number of rotatable bonds is 11. The fraction of sp³-hybridized carbons (Fsp3) is 0.181. The molecule has 0 spiro atoms. The Hall–Kier alpha value is -9.44. The molecule has 3 unspecified atom stereocenters. The number of hydrogen-bond donors (Lipinski definition) is 4. The van der Waals surface area contributed by atoms with E-state index in [9.17, 15) is 36.9 Å². The van der Waals surface area contributed by atoms with Crippen LogP contribution in [0.1, 0.15) is 125 Å². The van der Waals surface area contributed by atoms with E-state index in [0.717, 1.165) is 78.0 Å². The molecular formula is C72H63ClN8O8S2. The van der Waals surface area contributed by atoms with E-state index < -0.39 is 37.4 Å². The van der Waals surface area contributed by atoms with E-state index in [1.807, 2.05) is 152 Å². The second kappa shape index (κ2) is 29.9. The van der Waals surface area contributed by atoms with Crippen LogP contribution in [0.2, 0.25) is 0 Å². The third-order valence-electron chi connectivity index (χ3n) is 15.8. The van der Waals surface area contributed by atoms with Crippen LogP contribution in [0, 0.1) is 13.1 Å². The summed E-state index contributed by atoms with van der Waals surface area (Å²) >= 11 is 0. The lowest BCUT2D eigenvalue weighted by atomic mass is 10.0. The fourth-order valence-corrected chi connectivity index (χ4v) is 13.0. The molecule has 4 N–H and O–H groups in total. The van der Waals surface area contributed by atoms with Crippen molar-refractivity contribution < 1.29 is 36.9 Å². The molecule has 3 atom stereocenters. The van der Waals surface area contributed by atoms with Gasteiger partial charge in [0, 0.05) is 67.2 Å².